The Morgan fingerprint density at radius 2 is 2.35 bits per heavy atom. The lowest BCUT2D eigenvalue weighted by molar-refractivity contribution is 0.0998. The van der Waals surface area contributed by atoms with E-state index >= 15 is 0 Å². The number of fused-ring (bicyclic) bond motifs is 1. The number of ether oxygens (including phenoxy) is 1. The number of thiazole rings is 1. The van der Waals surface area contributed by atoms with E-state index in [0.717, 1.165) is 23.8 Å². The molecule has 1 aromatic carbocycles. The molecule has 1 aromatic heterocycles. The SMILES string of the molecule is ClCC1COCCN1c1nc2ccccc2s1. The van der Waals surface area contributed by atoms with Crippen LogP contribution in [0.4, 0.5) is 5.13 Å². The molecule has 2 aromatic rings. The smallest absolute Gasteiger partial charge is 0.186 e. The first kappa shape index (κ1) is 11.3. The summed E-state index contributed by atoms with van der Waals surface area (Å²) in [7, 11) is 0. The molecule has 3 nitrogen and oxygen atoms in total. The van der Waals surface area contributed by atoms with Crippen LogP contribution in [0, 0.1) is 0 Å². The van der Waals surface area contributed by atoms with Gasteiger partial charge in [-0.15, -0.1) is 11.6 Å². The maximum atomic E-state index is 5.98. The number of halogens is 1. The van der Waals surface area contributed by atoms with Crippen LogP contribution in [0.15, 0.2) is 24.3 Å². The topological polar surface area (TPSA) is 25.4 Å². The molecule has 1 atom stereocenters. The number of para-hydroxylation sites is 1. The van der Waals surface area contributed by atoms with Crippen molar-refractivity contribution in [1.82, 2.24) is 4.98 Å². The van der Waals surface area contributed by atoms with Crippen molar-refractivity contribution in [1.29, 1.82) is 0 Å². The summed E-state index contributed by atoms with van der Waals surface area (Å²) in [5, 5.41) is 1.06. The third-order valence-corrected chi connectivity index (χ3v) is 4.36. The van der Waals surface area contributed by atoms with Crippen LogP contribution >= 0.6 is 22.9 Å². The van der Waals surface area contributed by atoms with Gasteiger partial charge in [-0.25, -0.2) is 4.98 Å². The van der Waals surface area contributed by atoms with Crippen molar-refractivity contribution in [2.24, 2.45) is 0 Å². The number of rotatable bonds is 2. The van der Waals surface area contributed by atoms with E-state index in [9.17, 15) is 0 Å². The molecule has 17 heavy (non-hydrogen) atoms. The van der Waals surface area contributed by atoms with E-state index in [1.807, 2.05) is 18.2 Å². The van der Waals surface area contributed by atoms with Crippen LogP contribution in [-0.4, -0.2) is 36.7 Å². The number of anilines is 1. The fourth-order valence-corrected chi connectivity index (χ4v) is 3.34. The largest absolute Gasteiger partial charge is 0.377 e. The molecule has 2 heterocycles. The molecule has 0 bridgehead atoms. The fraction of sp³-hybridized carbons (Fsp3) is 0.417. The van der Waals surface area contributed by atoms with Gasteiger partial charge in [-0.1, -0.05) is 23.5 Å². The Hall–Kier alpha value is -0.840. The lowest BCUT2D eigenvalue weighted by atomic mass is 10.3. The summed E-state index contributed by atoms with van der Waals surface area (Å²) in [4.78, 5) is 6.93. The van der Waals surface area contributed by atoms with Gasteiger partial charge in [-0.2, -0.15) is 0 Å². The summed E-state index contributed by atoms with van der Waals surface area (Å²) in [6, 6.07) is 8.45. The van der Waals surface area contributed by atoms with Gasteiger partial charge in [-0.3, -0.25) is 0 Å². The Kier molecular flexibility index (Phi) is 3.18. The van der Waals surface area contributed by atoms with E-state index in [-0.39, 0.29) is 6.04 Å². The van der Waals surface area contributed by atoms with Crippen LogP contribution < -0.4 is 4.90 Å². The maximum Gasteiger partial charge on any atom is 0.186 e. The monoisotopic (exact) mass is 268 g/mol. The zero-order chi connectivity index (χ0) is 11.7. The molecular weight excluding hydrogens is 256 g/mol. The molecule has 5 heteroatoms. The predicted molar refractivity (Wildman–Crippen MR) is 72.3 cm³/mol. The Morgan fingerprint density at radius 3 is 3.18 bits per heavy atom. The molecular formula is C12H13ClN2OS. The highest BCUT2D eigenvalue weighted by atomic mass is 35.5. The average Bonchev–Trinajstić information content (AvgIpc) is 2.82. The van der Waals surface area contributed by atoms with Gasteiger partial charge in [0, 0.05) is 12.4 Å². The third kappa shape index (κ3) is 2.12. The standard InChI is InChI=1S/C12H13ClN2OS/c13-7-9-8-16-6-5-15(9)12-14-10-3-1-2-4-11(10)17-12/h1-4,9H,5-8H2. The van der Waals surface area contributed by atoms with Crippen molar-refractivity contribution in [3.8, 4) is 0 Å². The molecule has 0 aliphatic carbocycles. The number of benzene rings is 1. The van der Waals surface area contributed by atoms with Gasteiger partial charge in [0.15, 0.2) is 5.13 Å². The van der Waals surface area contributed by atoms with Crippen molar-refractivity contribution < 1.29 is 4.74 Å². The second-order valence-electron chi connectivity index (χ2n) is 4.04. The third-order valence-electron chi connectivity index (χ3n) is 2.93. The number of nitrogens with zero attached hydrogens (tertiary/aromatic N) is 2. The van der Waals surface area contributed by atoms with E-state index in [1.165, 1.54) is 4.70 Å². The average molecular weight is 269 g/mol. The minimum Gasteiger partial charge on any atom is -0.377 e. The molecule has 0 amide bonds. The van der Waals surface area contributed by atoms with Crippen molar-refractivity contribution in [2.45, 2.75) is 6.04 Å². The summed E-state index contributed by atoms with van der Waals surface area (Å²) >= 11 is 7.70. The van der Waals surface area contributed by atoms with Gasteiger partial charge >= 0.3 is 0 Å². The summed E-state index contributed by atoms with van der Waals surface area (Å²) in [6.45, 7) is 2.32. The molecule has 0 saturated carbocycles. The van der Waals surface area contributed by atoms with Crippen LogP contribution in [-0.2, 0) is 4.74 Å². The van der Waals surface area contributed by atoms with Crippen molar-refractivity contribution in [2.75, 3.05) is 30.5 Å². The van der Waals surface area contributed by atoms with Gasteiger partial charge in [0.05, 0.1) is 29.5 Å². The summed E-state index contributed by atoms with van der Waals surface area (Å²) < 4.78 is 6.67. The van der Waals surface area contributed by atoms with E-state index in [2.05, 4.69) is 16.0 Å². The minimum absolute atomic E-state index is 0.242. The summed E-state index contributed by atoms with van der Waals surface area (Å²) in [6.07, 6.45) is 0. The predicted octanol–water partition coefficient (Wildman–Crippen LogP) is 2.74. The van der Waals surface area contributed by atoms with Crippen LogP contribution in [0.1, 0.15) is 0 Å². The summed E-state index contributed by atoms with van der Waals surface area (Å²) in [5.41, 5.74) is 1.06. The molecule has 1 aliphatic heterocycles. The van der Waals surface area contributed by atoms with E-state index in [1.54, 1.807) is 11.3 Å². The Balaban J connectivity index is 1.96. The van der Waals surface area contributed by atoms with Crippen LogP contribution in [0.3, 0.4) is 0 Å². The molecule has 1 unspecified atom stereocenters. The second-order valence-corrected chi connectivity index (χ2v) is 5.36. The highest BCUT2D eigenvalue weighted by molar-refractivity contribution is 7.22. The fourth-order valence-electron chi connectivity index (χ4n) is 2.02. The van der Waals surface area contributed by atoms with Gasteiger partial charge in [0.25, 0.3) is 0 Å². The Labute approximate surface area is 109 Å². The molecule has 1 fully saturated rings. The zero-order valence-corrected chi connectivity index (χ0v) is 10.9. The normalized spacial score (nSPS) is 21.0. The van der Waals surface area contributed by atoms with Crippen LogP contribution in [0.2, 0.25) is 0 Å². The van der Waals surface area contributed by atoms with Crippen molar-refractivity contribution in [3.05, 3.63) is 24.3 Å². The highest BCUT2D eigenvalue weighted by Gasteiger charge is 2.24. The molecule has 1 aliphatic rings. The Morgan fingerprint density at radius 1 is 1.47 bits per heavy atom. The molecule has 1 saturated heterocycles. The second kappa shape index (κ2) is 4.80. The van der Waals surface area contributed by atoms with Crippen molar-refractivity contribution in [3.63, 3.8) is 0 Å². The number of hydrogen-bond donors (Lipinski definition) is 0. The van der Waals surface area contributed by atoms with Gasteiger partial charge in [-0.05, 0) is 12.1 Å². The number of aromatic nitrogens is 1. The first-order chi connectivity index (χ1) is 8.38. The lowest BCUT2D eigenvalue weighted by Gasteiger charge is -2.34. The van der Waals surface area contributed by atoms with Crippen LogP contribution in [0.5, 0.6) is 0 Å². The molecule has 90 valence electrons. The first-order valence-electron chi connectivity index (χ1n) is 5.64. The lowest BCUT2D eigenvalue weighted by Crippen LogP contribution is -2.46. The minimum atomic E-state index is 0.242. The highest BCUT2D eigenvalue weighted by Crippen LogP contribution is 2.30. The van der Waals surface area contributed by atoms with Crippen LogP contribution in [0.25, 0.3) is 10.2 Å². The number of alkyl halides is 1. The van der Waals surface area contributed by atoms with Gasteiger partial charge in [0.2, 0.25) is 0 Å². The summed E-state index contributed by atoms with van der Waals surface area (Å²) in [5.74, 6) is 0.579. The Bertz CT molecular complexity index is 483. The maximum absolute atomic E-state index is 5.98. The molecule has 0 spiro atoms. The molecule has 3 rings (SSSR count). The van der Waals surface area contributed by atoms with Gasteiger partial charge in [0.1, 0.15) is 0 Å². The number of hydrogen-bond acceptors (Lipinski definition) is 4. The van der Waals surface area contributed by atoms with E-state index in [4.69, 9.17) is 16.3 Å². The first-order valence-corrected chi connectivity index (χ1v) is 6.99. The number of morpholine rings is 1. The molecule has 0 radical (unpaired) electrons. The zero-order valence-electron chi connectivity index (χ0n) is 9.30. The quantitative estimate of drug-likeness (QED) is 0.783. The van der Waals surface area contributed by atoms with Crippen molar-refractivity contribution >= 4 is 38.3 Å². The molecule has 0 N–H and O–H groups in total. The van der Waals surface area contributed by atoms with E-state index < -0.39 is 0 Å². The van der Waals surface area contributed by atoms with Gasteiger partial charge < -0.3 is 9.64 Å². The van der Waals surface area contributed by atoms with E-state index in [0.29, 0.717) is 12.5 Å².